The summed E-state index contributed by atoms with van der Waals surface area (Å²) in [7, 11) is 0. The van der Waals surface area contributed by atoms with Crippen molar-refractivity contribution in [2.24, 2.45) is 0 Å². The van der Waals surface area contributed by atoms with Crippen molar-refractivity contribution in [2.45, 2.75) is 33.1 Å². The van der Waals surface area contributed by atoms with Crippen LogP contribution < -0.4 is 0 Å². The van der Waals surface area contributed by atoms with Crippen molar-refractivity contribution in [1.29, 1.82) is 0 Å². The minimum Gasteiger partial charge on any atom is -0.294 e. The average Bonchev–Trinajstić information content (AvgIpc) is 2.36. The third kappa shape index (κ3) is 3.73. The second-order valence-electron chi connectivity index (χ2n) is 3.97. The molecule has 0 aliphatic rings. The van der Waals surface area contributed by atoms with Crippen molar-refractivity contribution >= 4 is 21.7 Å². The molecule has 0 saturated heterocycles. The Morgan fingerprint density at radius 3 is 2.44 bits per heavy atom. The lowest BCUT2D eigenvalue weighted by molar-refractivity contribution is -0.114. The molecule has 98 valence electrons. The topological polar surface area (TPSA) is 17.1 Å². The summed E-state index contributed by atoms with van der Waals surface area (Å²) in [5.74, 6) is -1.66. The smallest absolute Gasteiger partial charge is 0.160 e. The molecule has 1 aromatic carbocycles. The summed E-state index contributed by atoms with van der Waals surface area (Å²) in [4.78, 5) is 11.7. The molecule has 0 amide bonds. The number of ketones is 1. The van der Waals surface area contributed by atoms with E-state index in [-0.39, 0.29) is 22.2 Å². The SMILES string of the molecule is CCC(=CC(=O)Cc1c(F)ccc(Br)c1F)CC. The van der Waals surface area contributed by atoms with Crippen molar-refractivity contribution in [3.8, 4) is 0 Å². The molecule has 0 bridgehead atoms. The zero-order valence-corrected chi connectivity index (χ0v) is 12.0. The monoisotopic (exact) mass is 316 g/mol. The number of rotatable bonds is 5. The highest BCUT2D eigenvalue weighted by atomic mass is 79.9. The third-order valence-electron chi connectivity index (χ3n) is 2.76. The van der Waals surface area contributed by atoms with Gasteiger partial charge in [0.05, 0.1) is 4.47 Å². The Morgan fingerprint density at radius 1 is 1.28 bits per heavy atom. The second-order valence-corrected chi connectivity index (χ2v) is 4.83. The molecule has 0 radical (unpaired) electrons. The van der Waals surface area contributed by atoms with E-state index >= 15 is 0 Å². The predicted octanol–water partition coefficient (Wildman–Crippen LogP) is 4.59. The molecular weight excluding hydrogens is 302 g/mol. The van der Waals surface area contributed by atoms with Crippen LogP contribution in [0.5, 0.6) is 0 Å². The zero-order valence-electron chi connectivity index (χ0n) is 10.4. The summed E-state index contributed by atoms with van der Waals surface area (Å²) < 4.78 is 27.3. The molecule has 0 atom stereocenters. The van der Waals surface area contributed by atoms with E-state index < -0.39 is 11.6 Å². The van der Waals surface area contributed by atoms with Crippen molar-refractivity contribution in [3.63, 3.8) is 0 Å². The van der Waals surface area contributed by atoms with Gasteiger partial charge in [0.1, 0.15) is 11.6 Å². The molecule has 0 spiro atoms. The Labute approximate surface area is 114 Å². The van der Waals surface area contributed by atoms with Gasteiger partial charge in [0.25, 0.3) is 0 Å². The number of hydrogen-bond donors (Lipinski definition) is 0. The largest absolute Gasteiger partial charge is 0.294 e. The highest BCUT2D eigenvalue weighted by Gasteiger charge is 2.14. The first kappa shape index (κ1) is 15.0. The van der Waals surface area contributed by atoms with Crippen LogP contribution >= 0.6 is 15.9 Å². The minimum absolute atomic E-state index is 0.168. The zero-order chi connectivity index (χ0) is 13.7. The Hall–Kier alpha value is -1.03. The van der Waals surface area contributed by atoms with Gasteiger partial charge in [-0.05, 0) is 47.0 Å². The van der Waals surface area contributed by atoms with Crippen LogP contribution in [0.3, 0.4) is 0 Å². The van der Waals surface area contributed by atoms with E-state index in [0.717, 1.165) is 24.5 Å². The minimum atomic E-state index is -0.703. The van der Waals surface area contributed by atoms with Gasteiger partial charge >= 0.3 is 0 Å². The summed E-state index contributed by atoms with van der Waals surface area (Å²) in [6.45, 7) is 3.89. The molecule has 18 heavy (non-hydrogen) atoms. The lowest BCUT2D eigenvalue weighted by Crippen LogP contribution is -2.05. The molecule has 1 rings (SSSR count). The number of carbonyl (C=O) groups is 1. The molecular formula is C14H15BrF2O. The number of allylic oxidation sites excluding steroid dienone is 2. The molecule has 0 N–H and O–H groups in total. The summed E-state index contributed by atoms with van der Waals surface area (Å²) >= 11 is 2.98. The van der Waals surface area contributed by atoms with E-state index in [1.165, 1.54) is 12.1 Å². The lowest BCUT2D eigenvalue weighted by atomic mass is 10.0. The van der Waals surface area contributed by atoms with Gasteiger partial charge in [-0.3, -0.25) is 4.79 Å². The third-order valence-corrected chi connectivity index (χ3v) is 3.38. The Balaban J connectivity index is 2.95. The van der Waals surface area contributed by atoms with E-state index in [0.29, 0.717) is 0 Å². The van der Waals surface area contributed by atoms with E-state index in [9.17, 15) is 13.6 Å². The van der Waals surface area contributed by atoms with Crippen molar-refractivity contribution in [1.82, 2.24) is 0 Å². The van der Waals surface area contributed by atoms with E-state index in [1.54, 1.807) is 0 Å². The molecule has 0 fully saturated rings. The van der Waals surface area contributed by atoms with Gasteiger partial charge in [0.2, 0.25) is 0 Å². The maximum Gasteiger partial charge on any atom is 0.160 e. The van der Waals surface area contributed by atoms with E-state index in [4.69, 9.17) is 0 Å². The van der Waals surface area contributed by atoms with Gasteiger partial charge in [0.15, 0.2) is 5.78 Å². The molecule has 0 aliphatic carbocycles. The van der Waals surface area contributed by atoms with Crippen LogP contribution in [-0.4, -0.2) is 5.78 Å². The van der Waals surface area contributed by atoms with Gasteiger partial charge in [0, 0.05) is 12.0 Å². The van der Waals surface area contributed by atoms with Crippen LogP contribution in [0.15, 0.2) is 28.3 Å². The molecule has 1 nitrogen and oxygen atoms in total. The Bertz CT molecular complexity index is 475. The maximum atomic E-state index is 13.7. The Morgan fingerprint density at radius 2 is 1.89 bits per heavy atom. The highest BCUT2D eigenvalue weighted by molar-refractivity contribution is 9.10. The van der Waals surface area contributed by atoms with Gasteiger partial charge < -0.3 is 0 Å². The fourth-order valence-corrected chi connectivity index (χ4v) is 2.01. The fraction of sp³-hybridized carbons (Fsp3) is 0.357. The van der Waals surface area contributed by atoms with Gasteiger partial charge in [-0.2, -0.15) is 0 Å². The summed E-state index contributed by atoms with van der Waals surface area (Å²) in [5.41, 5.74) is 0.799. The van der Waals surface area contributed by atoms with E-state index in [1.807, 2.05) is 13.8 Å². The average molecular weight is 317 g/mol. The summed E-state index contributed by atoms with van der Waals surface area (Å²) in [6, 6.07) is 2.44. The van der Waals surface area contributed by atoms with Gasteiger partial charge in [-0.25, -0.2) is 8.78 Å². The van der Waals surface area contributed by atoms with Crippen LogP contribution in [0.4, 0.5) is 8.78 Å². The van der Waals surface area contributed by atoms with Crippen molar-refractivity contribution in [3.05, 3.63) is 45.5 Å². The van der Waals surface area contributed by atoms with Gasteiger partial charge in [-0.1, -0.05) is 19.4 Å². The highest BCUT2D eigenvalue weighted by Crippen LogP contribution is 2.22. The molecule has 0 heterocycles. The Kier molecular flexibility index (Phi) is 5.66. The fourth-order valence-electron chi connectivity index (χ4n) is 1.64. The van der Waals surface area contributed by atoms with Crippen molar-refractivity contribution < 1.29 is 13.6 Å². The van der Waals surface area contributed by atoms with E-state index in [2.05, 4.69) is 15.9 Å². The number of carbonyl (C=O) groups excluding carboxylic acids is 1. The summed E-state index contributed by atoms with van der Waals surface area (Å²) in [5, 5.41) is 0. The standard InChI is InChI=1S/C14H15BrF2O/c1-3-9(4-2)7-10(18)8-11-13(16)6-5-12(15)14(11)17/h5-7H,3-4,8H2,1-2H3. The predicted molar refractivity (Wildman–Crippen MR) is 71.4 cm³/mol. The molecule has 1 aromatic rings. The molecule has 0 unspecified atom stereocenters. The molecule has 0 aliphatic heterocycles. The first-order valence-electron chi connectivity index (χ1n) is 5.84. The van der Waals surface area contributed by atoms with Crippen LogP contribution in [0.1, 0.15) is 32.3 Å². The quantitative estimate of drug-likeness (QED) is 0.574. The van der Waals surface area contributed by atoms with Crippen LogP contribution in [0, 0.1) is 11.6 Å². The van der Waals surface area contributed by atoms with Gasteiger partial charge in [-0.15, -0.1) is 0 Å². The summed E-state index contributed by atoms with van der Waals surface area (Å²) in [6.07, 6.45) is 2.78. The van der Waals surface area contributed by atoms with Crippen molar-refractivity contribution in [2.75, 3.05) is 0 Å². The number of benzene rings is 1. The first-order chi connectivity index (χ1) is 8.49. The second kappa shape index (κ2) is 6.78. The number of hydrogen-bond acceptors (Lipinski definition) is 1. The molecule has 0 saturated carbocycles. The normalized spacial score (nSPS) is 10.3. The lowest BCUT2D eigenvalue weighted by Gasteiger charge is -2.05. The van der Waals surface area contributed by atoms with Crippen LogP contribution in [0.2, 0.25) is 0 Å². The van der Waals surface area contributed by atoms with Crippen LogP contribution in [0.25, 0.3) is 0 Å². The first-order valence-corrected chi connectivity index (χ1v) is 6.63. The maximum absolute atomic E-state index is 13.7. The molecule has 4 heteroatoms. The number of halogens is 3. The molecule has 0 aromatic heterocycles. The van der Waals surface area contributed by atoms with Crippen LogP contribution in [-0.2, 0) is 11.2 Å².